The van der Waals surface area contributed by atoms with Crippen LogP contribution in [0.4, 0.5) is 5.69 Å². The summed E-state index contributed by atoms with van der Waals surface area (Å²) in [6.45, 7) is 2.05. The van der Waals surface area contributed by atoms with Crippen LogP contribution in [0.25, 0.3) is 0 Å². The van der Waals surface area contributed by atoms with Gasteiger partial charge in [0.25, 0.3) is 0 Å². The first kappa shape index (κ1) is 12.5. The highest BCUT2D eigenvalue weighted by atomic mass is 16.6. The molecule has 1 aliphatic heterocycles. The maximum Gasteiger partial charge on any atom is 0.306 e. The Hall–Kier alpha value is -1.92. The van der Waals surface area contributed by atoms with E-state index < -0.39 is 4.92 Å². The van der Waals surface area contributed by atoms with E-state index in [0.29, 0.717) is 13.0 Å². The quantitative estimate of drug-likeness (QED) is 0.595. The van der Waals surface area contributed by atoms with E-state index in [1.54, 1.807) is 0 Å². The molecule has 1 aromatic rings. The van der Waals surface area contributed by atoms with Gasteiger partial charge < -0.3 is 4.90 Å². The number of aryl methyl sites for hydroxylation is 1. The number of aromatic nitrogens is 2. The van der Waals surface area contributed by atoms with Gasteiger partial charge >= 0.3 is 5.69 Å². The van der Waals surface area contributed by atoms with Gasteiger partial charge in [-0.1, -0.05) is 0 Å². The Morgan fingerprint density at radius 3 is 2.72 bits per heavy atom. The summed E-state index contributed by atoms with van der Waals surface area (Å²) in [5.74, 6) is 0.104. The summed E-state index contributed by atoms with van der Waals surface area (Å²) in [4.78, 5) is 23.7. The van der Waals surface area contributed by atoms with Crippen molar-refractivity contribution in [1.29, 1.82) is 0 Å². The number of amides is 1. The van der Waals surface area contributed by atoms with Gasteiger partial charge in [0.2, 0.25) is 5.91 Å². The molecule has 1 fully saturated rings. The van der Waals surface area contributed by atoms with Crippen molar-refractivity contribution in [2.45, 2.75) is 32.2 Å². The smallest absolute Gasteiger partial charge is 0.306 e. The van der Waals surface area contributed by atoms with Crippen LogP contribution in [0.2, 0.25) is 0 Å². The molecule has 0 saturated carbocycles. The molecular formula is C11H16N4O3. The van der Waals surface area contributed by atoms with Gasteiger partial charge in [-0.25, -0.2) is 0 Å². The lowest BCUT2D eigenvalue weighted by atomic mass is 10.1. The monoisotopic (exact) mass is 252 g/mol. The van der Waals surface area contributed by atoms with Gasteiger partial charge in [-0.05, 0) is 19.3 Å². The highest BCUT2D eigenvalue weighted by Gasteiger charge is 2.16. The minimum absolute atomic E-state index is 0.0413. The molecule has 0 aliphatic carbocycles. The zero-order valence-corrected chi connectivity index (χ0v) is 10.1. The molecule has 2 rings (SSSR count). The number of carbonyl (C=O) groups excluding carboxylic acids is 1. The van der Waals surface area contributed by atoms with Crippen LogP contribution in [0.5, 0.6) is 0 Å². The van der Waals surface area contributed by atoms with Crippen molar-refractivity contribution < 1.29 is 9.72 Å². The summed E-state index contributed by atoms with van der Waals surface area (Å²) in [7, 11) is 0. The number of carbonyl (C=O) groups is 1. The molecular weight excluding hydrogens is 236 g/mol. The van der Waals surface area contributed by atoms with E-state index >= 15 is 0 Å². The Bertz CT molecular complexity index is 437. The van der Waals surface area contributed by atoms with Crippen LogP contribution in [0, 0.1) is 10.1 Å². The Labute approximate surface area is 105 Å². The van der Waals surface area contributed by atoms with E-state index in [-0.39, 0.29) is 11.6 Å². The molecule has 18 heavy (non-hydrogen) atoms. The zero-order chi connectivity index (χ0) is 13.0. The molecule has 0 bridgehead atoms. The molecule has 0 unspecified atom stereocenters. The standard InChI is InChI=1S/C11H16N4O3/c16-11(13-5-2-1-3-6-13)4-7-14-9-10(8-12-14)15(17)18/h8-9H,1-7H2. The Morgan fingerprint density at radius 1 is 1.39 bits per heavy atom. The lowest BCUT2D eigenvalue weighted by molar-refractivity contribution is -0.385. The molecule has 0 radical (unpaired) electrons. The molecule has 7 heteroatoms. The van der Waals surface area contributed by atoms with Gasteiger partial charge in [0.1, 0.15) is 12.4 Å². The third-order valence-corrected chi connectivity index (χ3v) is 3.09. The van der Waals surface area contributed by atoms with Gasteiger partial charge in [-0.2, -0.15) is 5.10 Å². The van der Waals surface area contributed by atoms with Crippen molar-refractivity contribution >= 4 is 11.6 Å². The molecule has 1 amide bonds. The van der Waals surface area contributed by atoms with E-state index in [1.807, 2.05) is 4.90 Å². The van der Waals surface area contributed by atoms with Crippen LogP contribution in [-0.4, -0.2) is 38.6 Å². The van der Waals surface area contributed by atoms with Crippen LogP contribution in [0.15, 0.2) is 12.4 Å². The second kappa shape index (κ2) is 5.61. The zero-order valence-electron chi connectivity index (χ0n) is 10.1. The summed E-state index contributed by atoms with van der Waals surface area (Å²) in [6, 6.07) is 0. The molecule has 1 aromatic heterocycles. The Balaban J connectivity index is 1.82. The number of hydrogen-bond acceptors (Lipinski definition) is 4. The average Bonchev–Trinajstić information content (AvgIpc) is 2.86. The summed E-state index contributed by atoms with van der Waals surface area (Å²) in [5.41, 5.74) is -0.0413. The van der Waals surface area contributed by atoms with Crippen molar-refractivity contribution in [2.24, 2.45) is 0 Å². The molecule has 7 nitrogen and oxygen atoms in total. The number of rotatable bonds is 4. The SMILES string of the molecule is O=C(CCn1cc([N+](=O)[O-])cn1)N1CCCCC1. The normalized spacial score (nSPS) is 15.7. The maximum absolute atomic E-state index is 11.9. The molecule has 98 valence electrons. The number of hydrogen-bond donors (Lipinski definition) is 0. The summed E-state index contributed by atoms with van der Waals surface area (Å²) < 4.78 is 1.44. The van der Waals surface area contributed by atoms with Crippen molar-refractivity contribution in [1.82, 2.24) is 14.7 Å². The number of nitro groups is 1. The fourth-order valence-electron chi connectivity index (χ4n) is 2.08. The highest BCUT2D eigenvalue weighted by molar-refractivity contribution is 5.76. The summed E-state index contributed by atoms with van der Waals surface area (Å²) in [5, 5.41) is 14.3. The van der Waals surface area contributed by atoms with Crippen molar-refractivity contribution in [3.63, 3.8) is 0 Å². The van der Waals surface area contributed by atoms with E-state index in [1.165, 1.54) is 23.5 Å². The second-order valence-corrected chi connectivity index (χ2v) is 4.41. The molecule has 0 N–H and O–H groups in total. The van der Waals surface area contributed by atoms with Crippen molar-refractivity contribution in [3.05, 3.63) is 22.5 Å². The van der Waals surface area contributed by atoms with E-state index in [4.69, 9.17) is 0 Å². The van der Waals surface area contributed by atoms with Gasteiger partial charge in [-0.3, -0.25) is 19.6 Å². The lowest BCUT2D eigenvalue weighted by Gasteiger charge is -2.26. The minimum Gasteiger partial charge on any atom is -0.343 e. The van der Waals surface area contributed by atoms with Crippen LogP contribution < -0.4 is 0 Å². The molecule has 1 saturated heterocycles. The first-order valence-electron chi connectivity index (χ1n) is 6.11. The predicted octanol–water partition coefficient (Wildman–Crippen LogP) is 1.19. The summed E-state index contributed by atoms with van der Waals surface area (Å²) >= 11 is 0. The van der Waals surface area contributed by atoms with Gasteiger partial charge in [0.15, 0.2) is 0 Å². The molecule has 0 spiro atoms. The van der Waals surface area contributed by atoms with E-state index in [2.05, 4.69) is 5.10 Å². The largest absolute Gasteiger partial charge is 0.343 e. The maximum atomic E-state index is 11.9. The Kier molecular flexibility index (Phi) is 3.91. The first-order chi connectivity index (χ1) is 8.66. The van der Waals surface area contributed by atoms with Crippen LogP contribution in [0.3, 0.4) is 0 Å². The lowest BCUT2D eigenvalue weighted by Crippen LogP contribution is -2.36. The number of piperidine rings is 1. The van der Waals surface area contributed by atoms with Gasteiger partial charge in [0, 0.05) is 26.1 Å². The van der Waals surface area contributed by atoms with Gasteiger partial charge in [-0.15, -0.1) is 0 Å². The highest BCUT2D eigenvalue weighted by Crippen LogP contribution is 2.11. The van der Waals surface area contributed by atoms with Crippen LogP contribution in [0.1, 0.15) is 25.7 Å². The fourth-order valence-corrected chi connectivity index (χ4v) is 2.08. The predicted molar refractivity (Wildman–Crippen MR) is 63.9 cm³/mol. The molecule has 2 heterocycles. The minimum atomic E-state index is -0.490. The van der Waals surface area contributed by atoms with Gasteiger partial charge in [0.05, 0.1) is 4.92 Å². The summed E-state index contributed by atoms with van der Waals surface area (Å²) in [6.07, 6.45) is 6.22. The van der Waals surface area contributed by atoms with E-state index in [0.717, 1.165) is 25.9 Å². The fraction of sp³-hybridized carbons (Fsp3) is 0.636. The average molecular weight is 252 g/mol. The van der Waals surface area contributed by atoms with Crippen LogP contribution >= 0.6 is 0 Å². The van der Waals surface area contributed by atoms with Crippen molar-refractivity contribution in [3.8, 4) is 0 Å². The van der Waals surface area contributed by atoms with E-state index in [9.17, 15) is 14.9 Å². The third kappa shape index (κ3) is 3.06. The van der Waals surface area contributed by atoms with Crippen molar-refractivity contribution in [2.75, 3.05) is 13.1 Å². The van der Waals surface area contributed by atoms with Crippen LogP contribution in [-0.2, 0) is 11.3 Å². The number of likely N-dealkylation sites (tertiary alicyclic amines) is 1. The number of nitrogens with zero attached hydrogens (tertiary/aromatic N) is 4. The first-order valence-corrected chi connectivity index (χ1v) is 6.11. The molecule has 1 aliphatic rings. The Morgan fingerprint density at radius 2 is 2.11 bits per heavy atom. The topological polar surface area (TPSA) is 81.3 Å². The molecule has 0 aromatic carbocycles. The molecule has 0 atom stereocenters. The third-order valence-electron chi connectivity index (χ3n) is 3.09. The second-order valence-electron chi connectivity index (χ2n) is 4.41.